The standard InChI is InChI=1S/C17H20N2S/c1-13(2)14-9-11-15(12-10-14)18-17(20)19(3)16-7-5-4-6-8-16/h4-13H,1-3H3,(H,18,20). The van der Waals surface area contributed by atoms with Crippen LogP contribution in [0.3, 0.4) is 0 Å². The molecule has 3 heteroatoms. The number of thiocarbonyl (C=S) groups is 1. The summed E-state index contributed by atoms with van der Waals surface area (Å²) in [5, 5.41) is 3.95. The molecule has 2 aromatic carbocycles. The Bertz CT molecular complexity index is 561. The van der Waals surface area contributed by atoms with E-state index in [-0.39, 0.29) is 0 Å². The lowest BCUT2D eigenvalue weighted by Crippen LogP contribution is -2.30. The quantitative estimate of drug-likeness (QED) is 0.826. The number of anilines is 2. The Morgan fingerprint density at radius 3 is 2.15 bits per heavy atom. The monoisotopic (exact) mass is 284 g/mol. The van der Waals surface area contributed by atoms with Crippen molar-refractivity contribution >= 4 is 28.7 Å². The van der Waals surface area contributed by atoms with Crippen molar-refractivity contribution in [2.45, 2.75) is 19.8 Å². The fourth-order valence-corrected chi connectivity index (χ4v) is 2.15. The van der Waals surface area contributed by atoms with E-state index in [1.54, 1.807) is 0 Å². The van der Waals surface area contributed by atoms with Crippen LogP contribution >= 0.6 is 12.2 Å². The van der Waals surface area contributed by atoms with Crippen molar-refractivity contribution in [2.24, 2.45) is 0 Å². The maximum absolute atomic E-state index is 5.44. The summed E-state index contributed by atoms with van der Waals surface area (Å²) in [6.07, 6.45) is 0. The van der Waals surface area contributed by atoms with Crippen molar-refractivity contribution in [3.05, 3.63) is 60.2 Å². The van der Waals surface area contributed by atoms with Crippen LogP contribution < -0.4 is 10.2 Å². The molecule has 0 aromatic heterocycles. The van der Waals surface area contributed by atoms with E-state index in [1.807, 2.05) is 42.3 Å². The number of benzene rings is 2. The van der Waals surface area contributed by atoms with Crippen molar-refractivity contribution in [1.29, 1.82) is 0 Å². The van der Waals surface area contributed by atoms with Crippen LogP contribution in [0.2, 0.25) is 0 Å². The second kappa shape index (κ2) is 6.53. The van der Waals surface area contributed by atoms with Crippen LogP contribution in [0.1, 0.15) is 25.3 Å². The highest BCUT2D eigenvalue weighted by atomic mass is 32.1. The number of rotatable bonds is 3. The molecule has 0 aliphatic carbocycles. The summed E-state index contributed by atoms with van der Waals surface area (Å²) < 4.78 is 0. The highest BCUT2D eigenvalue weighted by Gasteiger charge is 2.07. The smallest absolute Gasteiger partial charge is 0.177 e. The molecule has 1 N–H and O–H groups in total. The lowest BCUT2D eigenvalue weighted by atomic mass is 10.0. The van der Waals surface area contributed by atoms with Crippen molar-refractivity contribution in [2.75, 3.05) is 17.3 Å². The molecule has 0 heterocycles. The molecule has 0 atom stereocenters. The van der Waals surface area contributed by atoms with E-state index < -0.39 is 0 Å². The van der Waals surface area contributed by atoms with Gasteiger partial charge in [-0.25, -0.2) is 0 Å². The Morgan fingerprint density at radius 1 is 1.00 bits per heavy atom. The highest BCUT2D eigenvalue weighted by Crippen LogP contribution is 2.18. The molecule has 2 nitrogen and oxygen atoms in total. The molecule has 104 valence electrons. The summed E-state index contributed by atoms with van der Waals surface area (Å²) in [5.41, 5.74) is 3.42. The Labute approximate surface area is 126 Å². The van der Waals surface area contributed by atoms with E-state index in [4.69, 9.17) is 12.2 Å². The first-order chi connectivity index (χ1) is 9.58. The molecule has 0 amide bonds. The molecular formula is C17H20N2S. The van der Waals surface area contributed by atoms with Gasteiger partial charge in [0.2, 0.25) is 0 Å². The third kappa shape index (κ3) is 3.58. The van der Waals surface area contributed by atoms with Gasteiger partial charge in [-0.05, 0) is 48.0 Å². The summed E-state index contributed by atoms with van der Waals surface area (Å²) in [6, 6.07) is 18.5. The van der Waals surface area contributed by atoms with E-state index in [2.05, 4.69) is 43.4 Å². The average molecular weight is 284 g/mol. The van der Waals surface area contributed by atoms with E-state index >= 15 is 0 Å². The third-order valence-electron chi connectivity index (χ3n) is 3.28. The largest absolute Gasteiger partial charge is 0.332 e. The van der Waals surface area contributed by atoms with Crippen LogP contribution in [0.4, 0.5) is 11.4 Å². The van der Waals surface area contributed by atoms with Gasteiger partial charge in [0, 0.05) is 18.4 Å². The molecule has 2 aromatic rings. The van der Waals surface area contributed by atoms with Gasteiger partial charge in [0.25, 0.3) is 0 Å². The van der Waals surface area contributed by atoms with Gasteiger partial charge in [0.1, 0.15) is 0 Å². The first-order valence-electron chi connectivity index (χ1n) is 6.77. The van der Waals surface area contributed by atoms with E-state index in [1.165, 1.54) is 5.56 Å². The van der Waals surface area contributed by atoms with Gasteiger partial charge in [-0.1, -0.05) is 44.2 Å². The molecule has 0 bridgehead atoms. The minimum atomic E-state index is 0.544. The molecule has 0 aliphatic heterocycles. The summed E-state index contributed by atoms with van der Waals surface area (Å²) in [5.74, 6) is 0.544. The topological polar surface area (TPSA) is 15.3 Å². The molecule has 0 fully saturated rings. The summed E-state index contributed by atoms with van der Waals surface area (Å²) in [6.45, 7) is 4.38. The second-order valence-corrected chi connectivity index (χ2v) is 5.49. The molecule has 0 spiro atoms. The van der Waals surface area contributed by atoms with E-state index in [0.29, 0.717) is 11.0 Å². The molecule has 20 heavy (non-hydrogen) atoms. The molecule has 0 radical (unpaired) electrons. The van der Waals surface area contributed by atoms with Crippen molar-refractivity contribution in [1.82, 2.24) is 0 Å². The number of nitrogens with zero attached hydrogens (tertiary/aromatic N) is 1. The maximum Gasteiger partial charge on any atom is 0.177 e. The lowest BCUT2D eigenvalue weighted by molar-refractivity contribution is 0.867. The predicted octanol–water partition coefficient (Wildman–Crippen LogP) is 4.64. The Kier molecular flexibility index (Phi) is 4.74. The van der Waals surface area contributed by atoms with Gasteiger partial charge in [-0.15, -0.1) is 0 Å². The van der Waals surface area contributed by atoms with Gasteiger partial charge >= 0.3 is 0 Å². The number of nitrogens with one attached hydrogen (secondary N) is 1. The number of para-hydroxylation sites is 1. The van der Waals surface area contributed by atoms with E-state index in [9.17, 15) is 0 Å². The fourth-order valence-electron chi connectivity index (χ4n) is 1.93. The summed E-state index contributed by atoms with van der Waals surface area (Å²) >= 11 is 5.44. The Morgan fingerprint density at radius 2 is 1.60 bits per heavy atom. The molecular weight excluding hydrogens is 264 g/mol. The highest BCUT2D eigenvalue weighted by molar-refractivity contribution is 7.80. The Balaban J connectivity index is 2.04. The zero-order chi connectivity index (χ0) is 14.5. The van der Waals surface area contributed by atoms with Crippen LogP contribution in [0.5, 0.6) is 0 Å². The normalized spacial score (nSPS) is 10.4. The lowest BCUT2D eigenvalue weighted by Gasteiger charge is -2.21. The second-order valence-electron chi connectivity index (χ2n) is 5.10. The first kappa shape index (κ1) is 14.5. The van der Waals surface area contributed by atoms with Gasteiger partial charge in [-0.3, -0.25) is 0 Å². The summed E-state index contributed by atoms with van der Waals surface area (Å²) in [7, 11) is 1.97. The minimum Gasteiger partial charge on any atom is -0.332 e. The van der Waals surface area contributed by atoms with Crippen molar-refractivity contribution in [3.8, 4) is 0 Å². The fraction of sp³-hybridized carbons (Fsp3) is 0.235. The first-order valence-corrected chi connectivity index (χ1v) is 7.18. The van der Waals surface area contributed by atoms with E-state index in [0.717, 1.165) is 11.4 Å². The van der Waals surface area contributed by atoms with Gasteiger partial charge in [0.05, 0.1) is 0 Å². The summed E-state index contributed by atoms with van der Waals surface area (Å²) in [4.78, 5) is 1.96. The van der Waals surface area contributed by atoms with Crippen molar-refractivity contribution in [3.63, 3.8) is 0 Å². The van der Waals surface area contributed by atoms with Crippen LogP contribution in [0, 0.1) is 0 Å². The molecule has 2 rings (SSSR count). The third-order valence-corrected chi connectivity index (χ3v) is 3.65. The molecule has 0 saturated carbocycles. The van der Waals surface area contributed by atoms with Gasteiger partial charge in [-0.2, -0.15) is 0 Å². The zero-order valence-electron chi connectivity index (χ0n) is 12.1. The molecule has 0 saturated heterocycles. The SMILES string of the molecule is CC(C)c1ccc(NC(=S)N(C)c2ccccc2)cc1. The predicted molar refractivity (Wildman–Crippen MR) is 91.6 cm³/mol. The number of hydrogen-bond acceptors (Lipinski definition) is 1. The van der Waals surface area contributed by atoms with Crippen LogP contribution in [-0.2, 0) is 0 Å². The van der Waals surface area contributed by atoms with Crippen LogP contribution in [-0.4, -0.2) is 12.2 Å². The van der Waals surface area contributed by atoms with Crippen LogP contribution in [0.25, 0.3) is 0 Å². The molecule has 0 aliphatic rings. The maximum atomic E-state index is 5.44. The minimum absolute atomic E-state index is 0.544. The van der Waals surface area contributed by atoms with Crippen molar-refractivity contribution < 1.29 is 0 Å². The van der Waals surface area contributed by atoms with Crippen LogP contribution in [0.15, 0.2) is 54.6 Å². The number of hydrogen-bond donors (Lipinski definition) is 1. The van der Waals surface area contributed by atoms with Gasteiger partial charge < -0.3 is 10.2 Å². The van der Waals surface area contributed by atoms with Gasteiger partial charge in [0.15, 0.2) is 5.11 Å². The molecule has 0 unspecified atom stereocenters. The Hall–Kier alpha value is -1.87. The zero-order valence-corrected chi connectivity index (χ0v) is 12.9. The average Bonchev–Trinajstić information content (AvgIpc) is 2.48.